The monoisotopic (exact) mass is 341 g/mol. The molecule has 1 aromatic rings. The molecule has 1 aliphatic carbocycles. The molecule has 1 fully saturated rings. The minimum Gasteiger partial charge on any atom is -0.308 e. The summed E-state index contributed by atoms with van der Waals surface area (Å²) >= 11 is 3.69. The Bertz CT molecular complexity index is 422. The first-order chi connectivity index (χ1) is 9.67. The van der Waals surface area contributed by atoms with Crippen LogP contribution in [0.15, 0.2) is 4.47 Å². The number of aryl methyl sites for hydroxylation is 2. The van der Waals surface area contributed by atoms with Crippen LogP contribution in [-0.4, -0.2) is 15.8 Å². The Balaban J connectivity index is 1.99. The Morgan fingerprint density at radius 1 is 1.30 bits per heavy atom. The Morgan fingerprint density at radius 2 is 2.00 bits per heavy atom. The highest BCUT2D eigenvalue weighted by Crippen LogP contribution is 2.28. The summed E-state index contributed by atoms with van der Waals surface area (Å²) in [5.41, 5.74) is 2.38. The highest BCUT2D eigenvalue weighted by molar-refractivity contribution is 9.10. The van der Waals surface area contributed by atoms with Crippen molar-refractivity contribution in [3.05, 3.63) is 15.9 Å². The Kier molecular flexibility index (Phi) is 6.09. The predicted octanol–water partition coefficient (Wildman–Crippen LogP) is 4.42. The molecule has 0 aliphatic heterocycles. The third-order valence-electron chi connectivity index (χ3n) is 4.64. The SMILES string of the molecule is CCC(NCc1c(Br)c(C)nn1CC)C1CCCCC1. The summed E-state index contributed by atoms with van der Waals surface area (Å²) in [6.07, 6.45) is 8.29. The van der Waals surface area contributed by atoms with Crippen molar-refractivity contribution in [1.29, 1.82) is 0 Å². The van der Waals surface area contributed by atoms with Crippen molar-refractivity contribution in [1.82, 2.24) is 15.1 Å². The van der Waals surface area contributed by atoms with Crippen molar-refractivity contribution in [3.63, 3.8) is 0 Å². The zero-order valence-corrected chi connectivity index (χ0v) is 14.7. The predicted molar refractivity (Wildman–Crippen MR) is 87.8 cm³/mol. The van der Waals surface area contributed by atoms with Gasteiger partial charge in [-0.25, -0.2) is 0 Å². The topological polar surface area (TPSA) is 29.9 Å². The van der Waals surface area contributed by atoms with E-state index >= 15 is 0 Å². The van der Waals surface area contributed by atoms with Crippen LogP contribution in [-0.2, 0) is 13.1 Å². The molecule has 2 rings (SSSR count). The van der Waals surface area contributed by atoms with Crippen LogP contribution < -0.4 is 5.32 Å². The van der Waals surface area contributed by atoms with Gasteiger partial charge in [0, 0.05) is 19.1 Å². The van der Waals surface area contributed by atoms with Gasteiger partial charge in [-0.15, -0.1) is 0 Å². The van der Waals surface area contributed by atoms with Gasteiger partial charge in [-0.05, 0) is 55.0 Å². The first kappa shape index (κ1) is 16.0. The van der Waals surface area contributed by atoms with Gasteiger partial charge in [-0.3, -0.25) is 4.68 Å². The maximum Gasteiger partial charge on any atom is 0.0739 e. The summed E-state index contributed by atoms with van der Waals surface area (Å²) in [5, 5.41) is 8.37. The zero-order valence-electron chi connectivity index (χ0n) is 13.1. The van der Waals surface area contributed by atoms with E-state index in [0.717, 1.165) is 24.7 Å². The lowest BCUT2D eigenvalue weighted by Crippen LogP contribution is -2.36. The maximum atomic E-state index is 4.57. The zero-order chi connectivity index (χ0) is 14.5. The van der Waals surface area contributed by atoms with E-state index in [1.54, 1.807) is 0 Å². The smallest absolute Gasteiger partial charge is 0.0739 e. The standard InChI is InChI=1S/C16H28BrN3/c1-4-14(13-9-7-6-8-10-13)18-11-15-16(17)12(3)19-20(15)5-2/h13-14,18H,4-11H2,1-3H3. The highest BCUT2D eigenvalue weighted by atomic mass is 79.9. The molecular formula is C16H28BrN3. The van der Waals surface area contributed by atoms with Gasteiger partial charge >= 0.3 is 0 Å². The highest BCUT2D eigenvalue weighted by Gasteiger charge is 2.22. The average molecular weight is 342 g/mol. The van der Waals surface area contributed by atoms with Crippen molar-refractivity contribution in [2.45, 2.75) is 78.4 Å². The largest absolute Gasteiger partial charge is 0.308 e. The van der Waals surface area contributed by atoms with Gasteiger partial charge in [0.25, 0.3) is 0 Å². The number of aromatic nitrogens is 2. The fraction of sp³-hybridized carbons (Fsp3) is 0.812. The lowest BCUT2D eigenvalue weighted by Gasteiger charge is -2.30. The third-order valence-corrected chi connectivity index (χ3v) is 5.67. The summed E-state index contributed by atoms with van der Waals surface area (Å²) in [5.74, 6) is 0.867. The molecule has 0 radical (unpaired) electrons. The van der Waals surface area contributed by atoms with Gasteiger partial charge in [0.2, 0.25) is 0 Å². The molecule has 4 heteroatoms. The number of halogens is 1. The third kappa shape index (κ3) is 3.64. The van der Waals surface area contributed by atoms with Gasteiger partial charge < -0.3 is 5.32 Å². The minimum atomic E-state index is 0.655. The molecule has 1 atom stereocenters. The van der Waals surface area contributed by atoms with Gasteiger partial charge in [-0.1, -0.05) is 26.2 Å². The van der Waals surface area contributed by atoms with Crippen LogP contribution in [0.5, 0.6) is 0 Å². The molecule has 1 aliphatic rings. The van der Waals surface area contributed by atoms with E-state index in [0.29, 0.717) is 6.04 Å². The van der Waals surface area contributed by atoms with E-state index < -0.39 is 0 Å². The number of nitrogens with one attached hydrogen (secondary N) is 1. The molecule has 114 valence electrons. The van der Waals surface area contributed by atoms with E-state index in [1.807, 2.05) is 0 Å². The molecule has 0 spiro atoms. The van der Waals surface area contributed by atoms with Crippen LogP contribution in [0.4, 0.5) is 0 Å². The maximum absolute atomic E-state index is 4.57. The lowest BCUT2D eigenvalue weighted by molar-refractivity contribution is 0.260. The summed E-state index contributed by atoms with van der Waals surface area (Å²) in [4.78, 5) is 0. The molecule has 1 N–H and O–H groups in total. The number of rotatable bonds is 6. The fourth-order valence-electron chi connectivity index (χ4n) is 3.45. The molecule has 0 bridgehead atoms. The molecular weight excluding hydrogens is 314 g/mol. The first-order valence-electron chi connectivity index (χ1n) is 8.12. The van der Waals surface area contributed by atoms with E-state index in [4.69, 9.17) is 0 Å². The van der Waals surface area contributed by atoms with Crippen molar-refractivity contribution in [2.24, 2.45) is 5.92 Å². The Morgan fingerprint density at radius 3 is 2.60 bits per heavy atom. The van der Waals surface area contributed by atoms with Crippen LogP contribution in [0.3, 0.4) is 0 Å². The van der Waals surface area contributed by atoms with Crippen LogP contribution in [0.1, 0.15) is 63.8 Å². The summed E-state index contributed by atoms with van der Waals surface area (Å²) in [7, 11) is 0. The van der Waals surface area contributed by atoms with E-state index in [2.05, 4.69) is 51.8 Å². The molecule has 1 heterocycles. The second-order valence-electron chi connectivity index (χ2n) is 5.96. The van der Waals surface area contributed by atoms with Crippen molar-refractivity contribution in [2.75, 3.05) is 0 Å². The van der Waals surface area contributed by atoms with Crippen LogP contribution in [0.25, 0.3) is 0 Å². The second-order valence-corrected chi connectivity index (χ2v) is 6.75. The Hall–Kier alpha value is -0.350. The first-order valence-corrected chi connectivity index (χ1v) is 8.91. The summed E-state index contributed by atoms with van der Waals surface area (Å²) in [6, 6.07) is 0.655. The van der Waals surface area contributed by atoms with Crippen molar-refractivity contribution in [3.8, 4) is 0 Å². The summed E-state index contributed by atoms with van der Waals surface area (Å²) in [6.45, 7) is 8.39. The second kappa shape index (κ2) is 7.60. The number of hydrogen-bond acceptors (Lipinski definition) is 2. The average Bonchev–Trinajstić information content (AvgIpc) is 2.76. The van der Waals surface area contributed by atoms with Crippen LogP contribution >= 0.6 is 15.9 Å². The quantitative estimate of drug-likeness (QED) is 0.829. The van der Waals surface area contributed by atoms with Gasteiger partial charge in [0.1, 0.15) is 0 Å². The van der Waals surface area contributed by atoms with Gasteiger partial charge in [-0.2, -0.15) is 5.10 Å². The van der Waals surface area contributed by atoms with Gasteiger partial charge in [0.15, 0.2) is 0 Å². The summed E-state index contributed by atoms with van der Waals surface area (Å²) < 4.78 is 3.28. The normalized spacial score (nSPS) is 18.4. The molecule has 0 amide bonds. The molecule has 1 unspecified atom stereocenters. The Labute approximate surface area is 131 Å². The molecule has 0 saturated heterocycles. The van der Waals surface area contributed by atoms with E-state index in [9.17, 15) is 0 Å². The van der Waals surface area contributed by atoms with Gasteiger partial charge in [0.05, 0.1) is 15.9 Å². The molecule has 1 aromatic heterocycles. The molecule has 1 saturated carbocycles. The lowest BCUT2D eigenvalue weighted by atomic mass is 9.83. The van der Waals surface area contributed by atoms with Crippen molar-refractivity contribution < 1.29 is 0 Å². The van der Waals surface area contributed by atoms with E-state index in [-0.39, 0.29) is 0 Å². The number of nitrogens with zero attached hydrogens (tertiary/aromatic N) is 2. The van der Waals surface area contributed by atoms with Crippen molar-refractivity contribution >= 4 is 15.9 Å². The fourth-order valence-corrected chi connectivity index (χ4v) is 3.87. The molecule has 3 nitrogen and oxygen atoms in total. The van der Waals surface area contributed by atoms with Crippen LogP contribution in [0.2, 0.25) is 0 Å². The van der Waals surface area contributed by atoms with E-state index in [1.165, 1.54) is 48.7 Å². The molecule has 0 aromatic carbocycles. The van der Waals surface area contributed by atoms with Crippen LogP contribution in [0, 0.1) is 12.8 Å². The number of hydrogen-bond donors (Lipinski definition) is 1. The minimum absolute atomic E-state index is 0.655. The molecule has 20 heavy (non-hydrogen) atoms.